The van der Waals surface area contributed by atoms with Crippen LogP contribution in [0.25, 0.3) is 6.08 Å². The van der Waals surface area contributed by atoms with E-state index in [1.807, 2.05) is 6.08 Å². The van der Waals surface area contributed by atoms with Crippen LogP contribution in [0.4, 0.5) is 20.0 Å². The van der Waals surface area contributed by atoms with Crippen LogP contribution >= 0.6 is 11.5 Å². The number of amides is 2. The molecule has 1 aliphatic rings. The Kier molecular flexibility index (Phi) is 4.75. The van der Waals surface area contributed by atoms with Gasteiger partial charge in [-0.2, -0.15) is 4.37 Å². The monoisotopic (exact) mass is 347 g/mol. The van der Waals surface area contributed by atoms with Crippen LogP contribution in [0.3, 0.4) is 0 Å². The van der Waals surface area contributed by atoms with Crippen LogP contribution in [0.1, 0.15) is 24.2 Å². The van der Waals surface area contributed by atoms with Crippen molar-refractivity contribution in [3.63, 3.8) is 0 Å². The summed E-state index contributed by atoms with van der Waals surface area (Å²) >= 11 is 1.16. The zero-order valence-electron chi connectivity index (χ0n) is 13.3. The standard InChI is InChI=1S/C16H18FN5OS/c1-10-19-15(24-21-10)20-16(23)22-6-4-11(5-7-22)8-12-2-3-13(18)9-14(12)17/h2-3,8-9H,4-7,18H2,1H3,(H,19,20,21,23). The fourth-order valence-corrected chi connectivity index (χ4v) is 3.11. The third-order valence-corrected chi connectivity index (χ3v) is 4.54. The average Bonchev–Trinajstić information content (AvgIpc) is 2.96. The third kappa shape index (κ3) is 3.88. The summed E-state index contributed by atoms with van der Waals surface area (Å²) in [5, 5.41) is 3.25. The Morgan fingerprint density at radius 2 is 2.17 bits per heavy atom. The molecule has 1 aromatic carbocycles. The average molecular weight is 347 g/mol. The van der Waals surface area contributed by atoms with Crippen molar-refractivity contribution in [2.24, 2.45) is 0 Å². The maximum atomic E-state index is 13.8. The highest BCUT2D eigenvalue weighted by Crippen LogP contribution is 2.22. The maximum absolute atomic E-state index is 13.8. The molecule has 1 aromatic heterocycles. The molecule has 1 saturated heterocycles. The first kappa shape index (κ1) is 16.4. The highest BCUT2D eigenvalue weighted by atomic mass is 32.1. The molecule has 2 amide bonds. The van der Waals surface area contributed by atoms with E-state index in [4.69, 9.17) is 5.73 Å². The summed E-state index contributed by atoms with van der Waals surface area (Å²) in [5.74, 6) is 0.319. The normalized spacial score (nSPS) is 14.6. The minimum atomic E-state index is -0.325. The molecule has 1 fully saturated rings. The van der Waals surface area contributed by atoms with Crippen LogP contribution in [0.15, 0.2) is 23.8 Å². The topological polar surface area (TPSA) is 84.1 Å². The van der Waals surface area contributed by atoms with Crippen molar-refractivity contribution in [2.45, 2.75) is 19.8 Å². The van der Waals surface area contributed by atoms with Gasteiger partial charge in [0, 0.05) is 35.9 Å². The van der Waals surface area contributed by atoms with Crippen LogP contribution in [-0.2, 0) is 0 Å². The number of anilines is 2. The number of nitrogens with zero attached hydrogens (tertiary/aromatic N) is 3. The molecular weight excluding hydrogens is 329 g/mol. The number of hydrogen-bond acceptors (Lipinski definition) is 5. The minimum Gasteiger partial charge on any atom is -0.399 e. The molecule has 0 spiro atoms. The van der Waals surface area contributed by atoms with E-state index < -0.39 is 0 Å². The molecule has 24 heavy (non-hydrogen) atoms. The van der Waals surface area contributed by atoms with Gasteiger partial charge in [0.2, 0.25) is 5.13 Å². The Balaban J connectivity index is 1.59. The lowest BCUT2D eigenvalue weighted by Crippen LogP contribution is -2.39. The summed E-state index contributed by atoms with van der Waals surface area (Å²) in [6.07, 6.45) is 3.27. The Morgan fingerprint density at radius 1 is 1.42 bits per heavy atom. The van der Waals surface area contributed by atoms with E-state index in [-0.39, 0.29) is 11.8 Å². The number of carbonyl (C=O) groups excluding carboxylic acids is 1. The molecule has 3 N–H and O–H groups in total. The number of benzene rings is 1. The van der Waals surface area contributed by atoms with Gasteiger partial charge in [-0.15, -0.1) is 0 Å². The Bertz CT molecular complexity index is 779. The second kappa shape index (κ2) is 6.96. The smallest absolute Gasteiger partial charge is 0.323 e. The first-order valence-corrected chi connectivity index (χ1v) is 8.39. The zero-order valence-corrected chi connectivity index (χ0v) is 14.1. The number of nitrogens with two attached hydrogens (primary N) is 1. The van der Waals surface area contributed by atoms with Gasteiger partial charge in [-0.1, -0.05) is 17.7 Å². The molecule has 1 aliphatic heterocycles. The van der Waals surface area contributed by atoms with E-state index in [1.54, 1.807) is 24.0 Å². The minimum absolute atomic E-state index is 0.177. The highest BCUT2D eigenvalue weighted by molar-refractivity contribution is 7.09. The number of piperidine rings is 1. The first-order valence-electron chi connectivity index (χ1n) is 7.62. The SMILES string of the molecule is Cc1nsc(NC(=O)N2CCC(=Cc3ccc(N)cc3F)CC2)n1. The number of aromatic nitrogens is 2. The molecule has 6 nitrogen and oxygen atoms in total. The van der Waals surface area contributed by atoms with E-state index in [0.29, 0.717) is 48.1 Å². The molecule has 0 aliphatic carbocycles. The molecule has 126 valence electrons. The Morgan fingerprint density at radius 3 is 2.79 bits per heavy atom. The van der Waals surface area contributed by atoms with Gasteiger partial charge in [-0.05, 0) is 31.9 Å². The lowest BCUT2D eigenvalue weighted by Gasteiger charge is -2.28. The third-order valence-electron chi connectivity index (χ3n) is 3.82. The lowest BCUT2D eigenvalue weighted by atomic mass is 10.0. The summed E-state index contributed by atoms with van der Waals surface area (Å²) in [4.78, 5) is 18.0. The van der Waals surface area contributed by atoms with E-state index in [0.717, 1.165) is 17.1 Å². The van der Waals surface area contributed by atoms with Crippen LogP contribution in [0.5, 0.6) is 0 Å². The van der Waals surface area contributed by atoms with E-state index in [2.05, 4.69) is 14.7 Å². The molecular formula is C16H18FN5OS. The number of likely N-dealkylation sites (tertiary alicyclic amines) is 1. The number of rotatable bonds is 2. The van der Waals surface area contributed by atoms with Gasteiger partial charge >= 0.3 is 6.03 Å². The van der Waals surface area contributed by atoms with Crippen molar-refractivity contribution in [1.29, 1.82) is 0 Å². The number of aryl methyl sites for hydroxylation is 1. The summed E-state index contributed by atoms with van der Waals surface area (Å²) in [7, 11) is 0. The van der Waals surface area contributed by atoms with Crippen molar-refractivity contribution < 1.29 is 9.18 Å². The predicted molar refractivity (Wildman–Crippen MR) is 93.3 cm³/mol. The molecule has 0 radical (unpaired) electrons. The van der Waals surface area contributed by atoms with Gasteiger partial charge in [-0.3, -0.25) is 5.32 Å². The van der Waals surface area contributed by atoms with Crippen molar-refractivity contribution in [1.82, 2.24) is 14.3 Å². The number of halogens is 1. The predicted octanol–water partition coefficient (Wildman–Crippen LogP) is 3.28. The first-order chi connectivity index (χ1) is 11.5. The van der Waals surface area contributed by atoms with Gasteiger partial charge in [0.25, 0.3) is 0 Å². The van der Waals surface area contributed by atoms with Gasteiger partial charge in [0.1, 0.15) is 11.6 Å². The molecule has 3 rings (SSSR count). The maximum Gasteiger partial charge on any atom is 0.323 e. The van der Waals surface area contributed by atoms with Gasteiger partial charge in [0.05, 0.1) is 0 Å². The van der Waals surface area contributed by atoms with Crippen molar-refractivity contribution in [3.8, 4) is 0 Å². The Labute approximate surface area is 143 Å². The summed E-state index contributed by atoms with van der Waals surface area (Å²) < 4.78 is 17.9. The van der Waals surface area contributed by atoms with Crippen molar-refractivity contribution >= 4 is 34.5 Å². The number of carbonyl (C=O) groups is 1. The molecule has 0 bridgehead atoms. The lowest BCUT2D eigenvalue weighted by molar-refractivity contribution is 0.208. The number of nitrogens with one attached hydrogen (secondary N) is 1. The van der Waals surface area contributed by atoms with Gasteiger partial charge in [-0.25, -0.2) is 14.2 Å². The van der Waals surface area contributed by atoms with E-state index in [9.17, 15) is 9.18 Å². The number of urea groups is 1. The van der Waals surface area contributed by atoms with Crippen LogP contribution < -0.4 is 11.1 Å². The summed E-state index contributed by atoms with van der Waals surface area (Å²) in [6, 6.07) is 4.50. The molecule has 0 atom stereocenters. The number of nitrogen functional groups attached to an aromatic ring is 1. The summed E-state index contributed by atoms with van der Waals surface area (Å²) in [6.45, 7) is 2.96. The molecule has 2 aromatic rings. The molecule has 8 heteroatoms. The van der Waals surface area contributed by atoms with Gasteiger partial charge < -0.3 is 10.6 Å². The van der Waals surface area contributed by atoms with E-state index in [1.165, 1.54) is 6.07 Å². The fourth-order valence-electron chi connectivity index (χ4n) is 2.54. The van der Waals surface area contributed by atoms with Crippen molar-refractivity contribution in [2.75, 3.05) is 24.1 Å². The molecule has 2 heterocycles. The van der Waals surface area contributed by atoms with Crippen LogP contribution in [0, 0.1) is 12.7 Å². The van der Waals surface area contributed by atoms with Gasteiger partial charge in [0.15, 0.2) is 0 Å². The van der Waals surface area contributed by atoms with E-state index >= 15 is 0 Å². The number of hydrogen-bond donors (Lipinski definition) is 2. The second-order valence-corrected chi connectivity index (χ2v) is 6.40. The fraction of sp³-hybridized carbons (Fsp3) is 0.312. The zero-order chi connectivity index (χ0) is 17.1. The highest BCUT2D eigenvalue weighted by Gasteiger charge is 2.20. The second-order valence-electron chi connectivity index (χ2n) is 5.65. The van der Waals surface area contributed by atoms with Crippen LogP contribution in [-0.4, -0.2) is 33.4 Å². The van der Waals surface area contributed by atoms with Crippen LogP contribution in [0.2, 0.25) is 0 Å². The summed E-state index contributed by atoms with van der Waals surface area (Å²) in [5.41, 5.74) is 7.62. The largest absolute Gasteiger partial charge is 0.399 e. The Hall–Kier alpha value is -2.48. The molecule has 0 unspecified atom stereocenters. The van der Waals surface area contributed by atoms with Crippen molar-refractivity contribution in [3.05, 3.63) is 41.0 Å². The quantitative estimate of drug-likeness (QED) is 0.817. The molecule has 0 saturated carbocycles.